The Bertz CT molecular complexity index is 994. The molecule has 0 unspecified atom stereocenters. The molecule has 1 atom stereocenters. The summed E-state index contributed by atoms with van der Waals surface area (Å²) in [5.41, 5.74) is 1.37. The maximum atomic E-state index is 13.4. The molecule has 0 radical (unpaired) electrons. The molecular formula is C23H31N3O5S. The summed E-state index contributed by atoms with van der Waals surface area (Å²) in [6.07, 6.45) is 2.00. The van der Waals surface area contributed by atoms with Gasteiger partial charge in [0, 0.05) is 13.6 Å². The van der Waals surface area contributed by atoms with Gasteiger partial charge in [0.2, 0.25) is 21.8 Å². The highest BCUT2D eigenvalue weighted by molar-refractivity contribution is 7.92. The first kappa shape index (κ1) is 25.2. The molecule has 0 aliphatic carbocycles. The molecule has 0 saturated carbocycles. The van der Waals surface area contributed by atoms with E-state index in [1.807, 2.05) is 37.3 Å². The van der Waals surface area contributed by atoms with Gasteiger partial charge in [0.1, 0.15) is 18.3 Å². The third-order valence-electron chi connectivity index (χ3n) is 5.16. The molecule has 0 spiro atoms. The number of benzene rings is 2. The van der Waals surface area contributed by atoms with Crippen molar-refractivity contribution < 1.29 is 22.7 Å². The first-order chi connectivity index (χ1) is 15.2. The Kier molecular flexibility index (Phi) is 9.07. The van der Waals surface area contributed by atoms with Crippen molar-refractivity contribution in [1.29, 1.82) is 0 Å². The molecule has 1 N–H and O–H groups in total. The van der Waals surface area contributed by atoms with Gasteiger partial charge in [0.15, 0.2) is 0 Å². The van der Waals surface area contributed by atoms with Crippen molar-refractivity contribution in [2.75, 3.05) is 37.8 Å². The largest absolute Gasteiger partial charge is 0.497 e. The summed E-state index contributed by atoms with van der Waals surface area (Å²) in [6, 6.07) is 15.3. The number of carbonyl (C=O) groups excluding carboxylic acids is 2. The number of hydrogen-bond donors (Lipinski definition) is 1. The minimum Gasteiger partial charge on any atom is -0.497 e. The van der Waals surface area contributed by atoms with Crippen LogP contribution >= 0.6 is 0 Å². The maximum absolute atomic E-state index is 13.4. The van der Waals surface area contributed by atoms with Crippen LogP contribution in [0.4, 0.5) is 5.69 Å². The predicted octanol–water partition coefficient (Wildman–Crippen LogP) is 2.06. The molecule has 2 aromatic rings. The van der Waals surface area contributed by atoms with Crippen LogP contribution < -0.4 is 14.4 Å². The summed E-state index contributed by atoms with van der Waals surface area (Å²) in [5.74, 6) is -0.162. The number of hydrogen-bond acceptors (Lipinski definition) is 5. The van der Waals surface area contributed by atoms with Gasteiger partial charge in [-0.25, -0.2) is 8.42 Å². The zero-order valence-electron chi connectivity index (χ0n) is 18.9. The summed E-state index contributed by atoms with van der Waals surface area (Å²) in [4.78, 5) is 27.3. The minimum absolute atomic E-state index is 0.287. The van der Waals surface area contributed by atoms with E-state index in [9.17, 15) is 18.0 Å². The summed E-state index contributed by atoms with van der Waals surface area (Å²) in [6.45, 7) is 1.70. The molecule has 0 aromatic heterocycles. The molecule has 0 fully saturated rings. The smallest absolute Gasteiger partial charge is 0.244 e. The summed E-state index contributed by atoms with van der Waals surface area (Å²) < 4.78 is 31.2. The van der Waals surface area contributed by atoms with E-state index in [0.717, 1.165) is 16.1 Å². The van der Waals surface area contributed by atoms with Crippen LogP contribution in [0.3, 0.4) is 0 Å². The van der Waals surface area contributed by atoms with Gasteiger partial charge in [0.25, 0.3) is 0 Å². The zero-order valence-corrected chi connectivity index (χ0v) is 19.8. The molecule has 0 saturated heterocycles. The third kappa shape index (κ3) is 6.71. The fraction of sp³-hybridized carbons (Fsp3) is 0.391. The van der Waals surface area contributed by atoms with E-state index < -0.39 is 28.5 Å². The van der Waals surface area contributed by atoms with Crippen molar-refractivity contribution in [2.45, 2.75) is 25.8 Å². The topological polar surface area (TPSA) is 96.0 Å². The monoisotopic (exact) mass is 461 g/mol. The second kappa shape index (κ2) is 11.5. The highest BCUT2D eigenvalue weighted by Crippen LogP contribution is 2.22. The Hall–Kier alpha value is -3.07. The van der Waals surface area contributed by atoms with E-state index in [-0.39, 0.29) is 12.5 Å². The normalized spacial score (nSPS) is 12.0. The second-order valence-electron chi connectivity index (χ2n) is 7.33. The maximum Gasteiger partial charge on any atom is 0.244 e. The predicted molar refractivity (Wildman–Crippen MR) is 125 cm³/mol. The third-order valence-corrected chi connectivity index (χ3v) is 6.30. The van der Waals surface area contributed by atoms with Crippen LogP contribution in [0.1, 0.15) is 18.9 Å². The zero-order chi connectivity index (χ0) is 23.7. The Labute approximate surface area is 190 Å². The van der Waals surface area contributed by atoms with Crippen molar-refractivity contribution in [3.05, 3.63) is 60.2 Å². The second-order valence-corrected chi connectivity index (χ2v) is 9.24. The van der Waals surface area contributed by atoms with Crippen molar-refractivity contribution in [3.8, 4) is 5.75 Å². The summed E-state index contributed by atoms with van der Waals surface area (Å²) in [5, 5.41) is 2.60. The van der Waals surface area contributed by atoms with Gasteiger partial charge in [-0.1, -0.05) is 37.3 Å². The van der Waals surface area contributed by atoms with Gasteiger partial charge in [-0.05, 0) is 42.7 Å². The van der Waals surface area contributed by atoms with Crippen LogP contribution in [0.2, 0.25) is 0 Å². The molecule has 0 aliphatic rings. The summed E-state index contributed by atoms with van der Waals surface area (Å²) >= 11 is 0. The van der Waals surface area contributed by atoms with E-state index in [2.05, 4.69) is 5.32 Å². The highest BCUT2D eigenvalue weighted by Gasteiger charge is 2.30. The number of amides is 2. The minimum atomic E-state index is -3.75. The number of methoxy groups -OCH3 is 1. The van der Waals surface area contributed by atoms with Gasteiger partial charge in [-0.3, -0.25) is 13.9 Å². The lowest BCUT2D eigenvalue weighted by Gasteiger charge is -2.32. The van der Waals surface area contributed by atoms with Gasteiger partial charge >= 0.3 is 0 Å². The van der Waals surface area contributed by atoms with Crippen LogP contribution in [0, 0.1) is 0 Å². The van der Waals surface area contributed by atoms with Crippen LogP contribution in [-0.4, -0.2) is 64.7 Å². The van der Waals surface area contributed by atoms with Crippen molar-refractivity contribution in [3.63, 3.8) is 0 Å². The molecule has 0 bridgehead atoms. The number of carbonyl (C=O) groups is 2. The summed E-state index contributed by atoms with van der Waals surface area (Å²) in [7, 11) is -0.713. The number of ether oxygens (including phenoxy) is 1. The van der Waals surface area contributed by atoms with Gasteiger partial charge < -0.3 is 15.0 Å². The molecule has 8 nitrogen and oxygen atoms in total. The molecule has 174 valence electrons. The van der Waals surface area contributed by atoms with Gasteiger partial charge in [-0.2, -0.15) is 0 Å². The molecule has 9 heteroatoms. The van der Waals surface area contributed by atoms with Crippen LogP contribution in [0.5, 0.6) is 5.75 Å². The Morgan fingerprint density at radius 3 is 2.19 bits per heavy atom. The first-order valence-corrected chi connectivity index (χ1v) is 12.2. The Balaban J connectivity index is 2.32. The fourth-order valence-electron chi connectivity index (χ4n) is 3.42. The van der Waals surface area contributed by atoms with E-state index in [1.165, 1.54) is 19.1 Å². The molecule has 2 rings (SSSR count). The Morgan fingerprint density at radius 1 is 1.06 bits per heavy atom. The van der Waals surface area contributed by atoms with Crippen LogP contribution in [-0.2, 0) is 26.0 Å². The van der Waals surface area contributed by atoms with E-state index in [0.29, 0.717) is 24.3 Å². The number of sulfonamides is 1. The van der Waals surface area contributed by atoms with Crippen molar-refractivity contribution >= 4 is 27.5 Å². The van der Waals surface area contributed by atoms with Crippen LogP contribution in [0.15, 0.2) is 54.6 Å². The Morgan fingerprint density at radius 2 is 1.69 bits per heavy atom. The number of anilines is 1. The van der Waals surface area contributed by atoms with E-state index in [4.69, 9.17) is 4.74 Å². The molecule has 32 heavy (non-hydrogen) atoms. The number of nitrogens with one attached hydrogen (secondary N) is 1. The quantitative estimate of drug-likeness (QED) is 0.553. The number of nitrogens with zero attached hydrogens (tertiary/aromatic N) is 2. The van der Waals surface area contributed by atoms with Crippen molar-refractivity contribution in [2.24, 2.45) is 0 Å². The lowest BCUT2D eigenvalue weighted by atomic mass is 10.1. The first-order valence-electron chi connectivity index (χ1n) is 10.4. The fourth-order valence-corrected chi connectivity index (χ4v) is 4.27. The van der Waals surface area contributed by atoms with Gasteiger partial charge in [-0.15, -0.1) is 0 Å². The highest BCUT2D eigenvalue weighted by atomic mass is 32.2. The molecule has 0 aliphatic heterocycles. The van der Waals surface area contributed by atoms with E-state index in [1.54, 1.807) is 24.3 Å². The number of likely N-dealkylation sites (N-methyl/N-ethyl adjacent to an activating group) is 1. The van der Waals surface area contributed by atoms with Crippen molar-refractivity contribution in [1.82, 2.24) is 10.2 Å². The van der Waals surface area contributed by atoms with Crippen LogP contribution in [0.25, 0.3) is 0 Å². The van der Waals surface area contributed by atoms with Gasteiger partial charge in [0.05, 0.1) is 19.1 Å². The standard InChI is InChI=1S/C23H31N3O5S/c1-5-21(23(28)24-2)25(16-15-18-9-7-6-8-10-18)22(27)17-26(32(4,29)30)19-11-13-20(31-3)14-12-19/h6-14,21H,5,15-17H2,1-4H3,(H,24,28)/t21-/m0/s1. The molecule has 2 aromatic carbocycles. The lowest BCUT2D eigenvalue weighted by molar-refractivity contribution is -0.139. The average Bonchev–Trinajstić information content (AvgIpc) is 2.79. The SMILES string of the molecule is CC[C@@H](C(=O)NC)N(CCc1ccccc1)C(=O)CN(c1ccc(OC)cc1)S(C)(=O)=O. The molecular weight excluding hydrogens is 430 g/mol. The lowest BCUT2D eigenvalue weighted by Crippen LogP contribution is -2.52. The number of rotatable bonds is 11. The molecule has 0 heterocycles. The van der Waals surface area contributed by atoms with E-state index >= 15 is 0 Å². The average molecular weight is 462 g/mol. The molecule has 2 amide bonds.